The summed E-state index contributed by atoms with van der Waals surface area (Å²) in [6, 6.07) is 2.09. The van der Waals surface area contributed by atoms with Gasteiger partial charge >= 0.3 is 0 Å². The van der Waals surface area contributed by atoms with E-state index in [1.54, 1.807) is 0 Å². The third-order valence-electron chi connectivity index (χ3n) is 3.83. The van der Waals surface area contributed by atoms with Gasteiger partial charge in [0.2, 0.25) is 0 Å². The van der Waals surface area contributed by atoms with Gasteiger partial charge in [-0.1, -0.05) is 20.3 Å². The summed E-state index contributed by atoms with van der Waals surface area (Å²) in [5, 5.41) is 3.34. The van der Waals surface area contributed by atoms with Gasteiger partial charge in [0.1, 0.15) is 0 Å². The number of pyridine rings is 1. The van der Waals surface area contributed by atoms with Crippen LogP contribution in [0.5, 0.6) is 0 Å². The number of H-pyrrole nitrogens is 1. The van der Waals surface area contributed by atoms with Gasteiger partial charge in [0.05, 0.1) is 0 Å². The molecule has 106 valence electrons. The molecule has 1 aliphatic rings. The Morgan fingerprint density at radius 3 is 3.00 bits per heavy atom. The van der Waals surface area contributed by atoms with Crippen LogP contribution in [0.2, 0.25) is 0 Å². The molecular formula is C15H25N3O. The van der Waals surface area contributed by atoms with Crippen molar-refractivity contribution in [3.8, 4) is 0 Å². The average molecular weight is 263 g/mol. The van der Waals surface area contributed by atoms with E-state index in [9.17, 15) is 4.79 Å². The highest BCUT2D eigenvalue weighted by atomic mass is 16.1. The van der Waals surface area contributed by atoms with Crippen LogP contribution in [0.15, 0.2) is 10.9 Å². The Kier molecular flexibility index (Phi) is 5.16. The van der Waals surface area contributed by atoms with Crippen molar-refractivity contribution in [3.05, 3.63) is 33.2 Å². The Bertz CT molecular complexity index is 467. The zero-order valence-corrected chi connectivity index (χ0v) is 12.1. The number of aromatic nitrogens is 1. The van der Waals surface area contributed by atoms with Gasteiger partial charge in [-0.25, -0.2) is 0 Å². The Balaban J connectivity index is 2.06. The van der Waals surface area contributed by atoms with Crippen LogP contribution in [-0.4, -0.2) is 29.5 Å². The summed E-state index contributed by atoms with van der Waals surface area (Å²) in [6.07, 6.45) is 3.30. The van der Waals surface area contributed by atoms with E-state index in [0.29, 0.717) is 6.54 Å². The molecule has 0 atom stereocenters. The highest BCUT2D eigenvalue weighted by Gasteiger charge is 2.16. The van der Waals surface area contributed by atoms with Crippen LogP contribution in [0.4, 0.5) is 0 Å². The number of hydrogen-bond donors (Lipinski definition) is 2. The van der Waals surface area contributed by atoms with Crippen molar-refractivity contribution in [3.63, 3.8) is 0 Å². The molecule has 0 saturated heterocycles. The maximum Gasteiger partial charge on any atom is 0.252 e. The second-order valence-electron chi connectivity index (χ2n) is 5.28. The van der Waals surface area contributed by atoms with Gasteiger partial charge in [0, 0.05) is 37.3 Å². The quantitative estimate of drug-likeness (QED) is 0.767. The molecule has 0 radical (unpaired) electrons. The molecule has 1 aromatic heterocycles. The number of rotatable bonds is 6. The molecule has 2 rings (SSSR count). The molecule has 0 saturated carbocycles. The molecule has 0 amide bonds. The number of aromatic amines is 1. The first-order valence-corrected chi connectivity index (χ1v) is 7.41. The molecule has 0 fully saturated rings. The van der Waals surface area contributed by atoms with Gasteiger partial charge in [0.25, 0.3) is 5.56 Å². The fraction of sp³-hybridized carbons (Fsp3) is 0.667. The van der Waals surface area contributed by atoms with E-state index in [2.05, 4.69) is 35.1 Å². The summed E-state index contributed by atoms with van der Waals surface area (Å²) in [4.78, 5) is 17.5. The van der Waals surface area contributed by atoms with Crippen molar-refractivity contribution in [2.75, 3.05) is 19.6 Å². The summed E-state index contributed by atoms with van der Waals surface area (Å²) >= 11 is 0. The minimum absolute atomic E-state index is 0.0766. The molecule has 0 spiro atoms. The van der Waals surface area contributed by atoms with E-state index >= 15 is 0 Å². The predicted molar refractivity (Wildman–Crippen MR) is 78.3 cm³/mol. The van der Waals surface area contributed by atoms with Gasteiger partial charge in [-0.2, -0.15) is 0 Å². The lowest BCUT2D eigenvalue weighted by atomic mass is 10.0. The van der Waals surface area contributed by atoms with Crippen LogP contribution in [0.3, 0.4) is 0 Å². The molecule has 0 unspecified atom stereocenters. The maximum absolute atomic E-state index is 12.0. The topological polar surface area (TPSA) is 48.1 Å². The molecule has 0 aliphatic carbocycles. The lowest BCUT2D eigenvalue weighted by Crippen LogP contribution is -2.33. The molecule has 1 aliphatic heterocycles. The van der Waals surface area contributed by atoms with Crippen molar-refractivity contribution in [1.82, 2.24) is 15.2 Å². The van der Waals surface area contributed by atoms with Gasteiger partial charge in [-0.3, -0.25) is 9.69 Å². The smallest absolute Gasteiger partial charge is 0.252 e. The molecule has 0 aromatic carbocycles. The Morgan fingerprint density at radius 2 is 2.26 bits per heavy atom. The standard InChI is InChI=1S/C15H25N3O/c1-3-5-7-16-10-12-9-13-11-18(4-2)8-6-14(13)17-15(12)19/h9,16H,3-8,10-11H2,1-2H3,(H,17,19). The average Bonchev–Trinajstić information content (AvgIpc) is 2.43. The summed E-state index contributed by atoms with van der Waals surface area (Å²) in [6.45, 7) is 9.10. The number of fused-ring (bicyclic) bond motifs is 1. The molecule has 0 bridgehead atoms. The zero-order chi connectivity index (χ0) is 13.7. The third-order valence-corrected chi connectivity index (χ3v) is 3.83. The van der Waals surface area contributed by atoms with Crippen molar-refractivity contribution < 1.29 is 0 Å². The number of hydrogen-bond acceptors (Lipinski definition) is 3. The Labute approximate surface area is 115 Å². The van der Waals surface area contributed by atoms with Crippen molar-refractivity contribution in [2.24, 2.45) is 0 Å². The van der Waals surface area contributed by atoms with Crippen LogP contribution in [0.1, 0.15) is 43.5 Å². The number of unbranched alkanes of at least 4 members (excludes halogenated alkanes) is 1. The van der Waals surface area contributed by atoms with Crippen LogP contribution >= 0.6 is 0 Å². The SMILES string of the molecule is CCCCNCc1cc2c([nH]c1=O)CCN(CC)C2. The van der Waals surface area contributed by atoms with Crippen molar-refractivity contribution in [1.29, 1.82) is 0 Å². The van der Waals surface area contributed by atoms with E-state index in [1.807, 2.05) is 0 Å². The van der Waals surface area contributed by atoms with Gasteiger partial charge in [0.15, 0.2) is 0 Å². The highest BCUT2D eigenvalue weighted by molar-refractivity contribution is 5.27. The lowest BCUT2D eigenvalue weighted by molar-refractivity contribution is 0.265. The minimum Gasteiger partial charge on any atom is -0.326 e. The van der Waals surface area contributed by atoms with Crippen LogP contribution in [0, 0.1) is 0 Å². The largest absolute Gasteiger partial charge is 0.326 e. The first kappa shape index (κ1) is 14.3. The fourth-order valence-corrected chi connectivity index (χ4v) is 2.54. The van der Waals surface area contributed by atoms with E-state index < -0.39 is 0 Å². The number of nitrogens with one attached hydrogen (secondary N) is 2. The summed E-state index contributed by atoms with van der Waals surface area (Å²) < 4.78 is 0. The zero-order valence-electron chi connectivity index (χ0n) is 12.1. The first-order valence-electron chi connectivity index (χ1n) is 7.41. The van der Waals surface area contributed by atoms with Crippen molar-refractivity contribution >= 4 is 0 Å². The minimum atomic E-state index is 0.0766. The fourth-order valence-electron chi connectivity index (χ4n) is 2.54. The lowest BCUT2D eigenvalue weighted by Gasteiger charge is -2.27. The third kappa shape index (κ3) is 3.67. The van der Waals surface area contributed by atoms with Crippen molar-refractivity contribution in [2.45, 2.75) is 46.2 Å². The van der Waals surface area contributed by atoms with Crippen LogP contribution in [0.25, 0.3) is 0 Å². The molecule has 2 N–H and O–H groups in total. The molecule has 4 heteroatoms. The second-order valence-corrected chi connectivity index (χ2v) is 5.28. The monoisotopic (exact) mass is 263 g/mol. The highest BCUT2D eigenvalue weighted by Crippen LogP contribution is 2.16. The normalized spacial score (nSPS) is 15.5. The molecule has 1 aromatic rings. The molecule has 19 heavy (non-hydrogen) atoms. The van der Waals surface area contributed by atoms with E-state index in [4.69, 9.17) is 0 Å². The van der Waals surface area contributed by atoms with Crippen LogP contribution < -0.4 is 10.9 Å². The number of likely N-dealkylation sites (N-methyl/N-ethyl adjacent to an activating group) is 1. The Morgan fingerprint density at radius 1 is 1.42 bits per heavy atom. The second kappa shape index (κ2) is 6.87. The molecule has 4 nitrogen and oxygen atoms in total. The summed E-state index contributed by atoms with van der Waals surface area (Å²) in [5.41, 5.74) is 3.37. The first-order chi connectivity index (χ1) is 9.24. The van der Waals surface area contributed by atoms with E-state index in [-0.39, 0.29) is 5.56 Å². The Hall–Kier alpha value is -1.13. The number of nitrogens with zero attached hydrogens (tertiary/aromatic N) is 1. The predicted octanol–water partition coefficient (Wildman–Crippen LogP) is 1.64. The van der Waals surface area contributed by atoms with E-state index in [0.717, 1.165) is 50.3 Å². The van der Waals surface area contributed by atoms with Gasteiger partial charge < -0.3 is 10.3 Å². The molecule has 2 heterocycles. The van der Waals surface area contributed by atoms with Gasteiger partial charge in [-0.15, -0.1) is 0 Å². The summed E-state index contributed by atoms with van der Waals surface area (Å²) in [5.74, 6) is 0. The van der Waals surface area contributed by atoms with Gasteiger partial charge in [-0.05, 0) is 31.1 Å². The van der Waals surface area contributed by atoms with E-state index in [1.165, 1.54) is 12.0 Å². The maximum atomic E-state index is 12.0. The summed E-state index contributed by atoms with van der Waals surface area (Å²) in [7, 11) is 0. The molecular weight excluding hydrogens is 238 g/mol. The van der Waals surface area contributed by atoms with Crippen LogP contribution in [-0.2, 0) is 19.5 Å².